The van der Waals surface area contributed by atoms with Gasteiger partial charge in [0.25, 0.3) is 0 Å². The highest BCUT2D eigenvalue weighted by molar-refractivity contribution is 5.87. The Morgan fingerprint density at radius 3 is 2.74 bits per heavy atom. The van der Waals surface area contributed by atoms with Gasteiger partial charge >= 0.3 is 5.97 Å². The fraction of sp³-hybridized carbons (Fsp3) is 0.0769. The van der Waals surface area contributed by atoms with E-state index in [2.05, 4.69) is 10.3 Å². The minimum atomic E-state index is -1.17. The Labute approximate surface area is 108 Å². The van der Waals surface area contributed by atoms with Crippen molar-refractivity contribution < 1.29 is 14.3 Å². The Morgan fingerprint density at radius 2 is 2.11 bits per heavy atom. The molecule has 0 fully saturated rings. The summed E-state index contributed by atoms with van der Waals surface area (Å²) in [6, 6.07) is 7.32. The van der Waals surface area contributed by atoms with Crippen molar-refractivity contribution in [3.63, 3.8) is 0 Å². The molecule has 0 spiro atoms. The number of pyridine rings is 1. The molecular formula is C13H12FN3O2. The standard InChI is InChI=1S/C13H12FN3O2/c1-7-2-4-10(8(14)6-7)16-12-9(15)3-5-11(17-12)13(18)19/h2-6H,15H2,1H3,(H,16,17)(H,18,19). The van der Waals surface area contributed by atoms with E-state index in [1.54, 1.807) is 19.1 Å². The minimum Gasteiger partial charge on any atom is -0.477 e. The lowest BCUT2D eigenvalue weighted by Crippen LogP contribution is -2.06. The maximum absolute atomic E-state index is 13.7. The number of anilines is 3. The third-order valence-electron chi connectivity index (χ3n) is 2.52. The molecule has 0 aliphatic rings. The van der Waals surface area contributed by atoms with Crippen molar-refractivity contribution >= 4 is 23.2 Å². The quantitative estimate of drug-likeness (QED) is 0.790. The Balaban J connectivity index is 2.37. The van der Waals surface area contributed by atoms with Crippen molar-refractivity contribution in [3.05, 3.63) is 47.4 Å². The summed E-state index contributed by atoms with van der Waals surface area (Å²) in [5, 5.41) is 11.5. The molecule has 5 nitrogen and oxygen atoms in total. The first kappa shape index (κ1) is 12.8. The highest BCUT2D eigenvalue weighted by Crippen LogP contribution is 2.24. The maximum atomic E-state index is 13.7. The van der Waals surface area contributed by atoms with E-state index >= 15 is 0 Å². The largest absolute Gasteiger partial charge is 0.477 e. The number of carboxylic acid groups (broad SMARTS) is 1. The lowest BCUT2D eigenvalue weighted by Gasteiger charge is -2.10. The van der Waals surface area contributed by atoms with Crippen LogP contribution in [0, 0.1) is 12.7 Å². The average Bonchev–Trinajstić information content (AvgIpc) is 2.34. The van der Waals surface area contributed by atoms with E-state index < -0.39 is 11.8 Å². The Hall–Kier alpha value is -2.63. The fourth-order valence-corrected chi connectivity index (χ4v) is 1.54. The van der Waals surface area contributed by atoms with Gasteiger partial charge in [0.1, 0.15) is 5.82 Å². The summed E-state index contributed by atoms with van der Waals surface area (Å²) >= 11 is 0. The molecule has 0 aliphatic heterocycles. The van der Waals surface area contributed by atoms with Crippen LogP contribution in [0.25, 0.3) is 0 Å². The van der Waals surface area contributed by atoms with Gasteiger partial charge in [-0.1, -0.05) is 6.07 Å². The van der Waals surface area contributed by atoms with E-state index in [0.29, 0.717) is 0 Å². The Morgan fingerprint density at radius 1 is 1.37 bits per heavy atom. The van der Waals surface area contributed by atoms with E-state index in [9.17, 15) is 9.18 Å². The number of rotatable bonds is 3. The summed E-state index contributed by atoms with van der Waals surface area (Å²) in [6.45, 7) is 1.77. The van der Waals surface area contributed by atoms with Crippen LogP contribution in [0.2, 0.25) is 0 Å². The second-order valence-corrected chi connectivity index (χ2v) is 4.05. The van der Waals surface area contributed by atoms with Gasteiger partial charge in [-0.25, -0.2) is 14.2 Å². The van der Waals surface area contributed by atoms with Crippen LogP contribution in [0.3, 0.4) is 0 Å². The number of carbonyl (C=O) groups is 1. The van der Waals surface area contributed by atoms with E-state index in [1.807, 2.05) is 0 Å². The summed E-state index contributed by atoms with van der Waals surface area (Å²) in [7, 11) is 0. The van der Waals surface area contributed by atoms with Crippen LogP contribution in [0.1, 0.15) is 16.1 Å². The second kappa shape index (κ2) is 4.93. The normalized spacial score (nSPS) is 10.2. The van der Waals surface area contributed by atoms with Gasteiger partial charge in [-0.05, 0) is 36.8 Å². The second-order valence-electron chi connectivity index (χ2n) is 4.05. The Kier molecular flexibility index (Phi) is 3.33. The van der Waals surface area contributed by atoms with Crippen molar-refractivity contribution in [1.29, 1.82) is 0 Å². The zero-order valence-corrected chi connectivity index (χ0v) is 10.1. The number of benzene rings is 1. The molecule has 98 valence electrons. The number of hydrogen-bond acceptors (Lipinski definition) is 4. The molecule has 0 radical (unpaired) electrons. The van der Waals surface area contributed by atoms with Crippen molar-refractivity contribution in [2.24, 2.45) is 0 Å². The number of halogens is 1. The molecule has 1 heterocycles. The zero-order chi connectivity index (χ0) is 14.0. The molecule has 0 bridgehead atoms. The van der Waals surface area contributed by atoms with Gasteiger partial charge in [-0.2, -0.15) is 0 Å². The van der Waals surface area contributed by atoms with Gasteiger partial charge in [0.15, 0.2) is 11.5 Å². The fourth-order valence-electron chi connectivity index (χ4n) is 1.54. The van der Waals surface area contributed by atoms with Crippen LogP contribution >= 0.6 is 0 Å². The number of carboxylic acids is 1. The third-order valence-corrected chi connectivity index (χ3v) is 2.52. The number of hydrogen-bond donors (Lipinski definition) is 3. The molecule has 4 N–H and O–H groups in total. The van der Waals surface area contributed by atoms with Crippen LogP contribution < -0.4 is 11.1 Å². The van der Waals surface area contributed by atoms with Crippen molar-refractivity contribution in [3.8, 4) is 0 Å². The first-order chi connectivity index (χ1) is 8.97. The molecular weight excluding hydrogens is 249 g/mol. The Bertz CT molecular complexity index is 644. The molecule has 0 unspecified atom stereocenters. The van der Waals surface area contributed by atoms with E-state index in [4.69, 9.17) is 10.8 Å². The van der Waals surface area contributed by atoms with Crippen LogP contribution in [0.4, 0.5) is 21.6 Å². The summed E-state index contributed by atoms with van der Waals surface area (Å²) in [4.78, 5) is 14.7. The van der Waals surface area contributed by atoms with Gasteiger partial charge in [0.05, 0.1) is 11.4 Å². The first-order valence-electron chi connectivity index (χ1n) is 5.50. The molecule has 1 aromatic carbocycles. The van der Waals surface area contributed by atoms with Gasteiger partial charge in [-0.15, -0.1) is 0 Å². The first-order valence-corrected chi connectivity index (χ1v) is 5.50. The summed E-state index contributed by atoms with van der Waals surface area (Å²) in [5.74, 6) is -1.52. The number of aromatic carboxylic acids is 1. The molecule has 2 rings (SSSR count). The minimum absolute atomic E-state index is 0.114. The monoisotopic (exact) mass is 261 g/mol. The number of nitrogen functional groups attached to an aromatic ring is 1. The molecule has 0 aliphatic carbocycles. The molecule has 19 heavy (non-hydrogen) atoms. The number of nitrogens with one attached hydrogen (secondary N) is 1. The average molecular weight is 261 g/mol. The predicted octanol–water partition coefficient (Wildman–Crippen LogP) is 2.55. The van der Waals surface area contributed by atoms with Crippen LogP contribution in [0.5, 0.6) is 0 Å². The van der Waals surface area contributed by atoms with E-state index in [1.165, 1.54) is 18.2 Å². The van der Waals surface area contributed by atoms with Gasteiger partial charge in [0.2, 0.25) is 0 Å². The van der Waals surface area contributed by atoms with Crippen molar-refractivity contribution in [1.82, 2.24) is 4.98 Å². The molecule has 0 saturated carbocycles. The number of nitrogens with two attached hydrogens (primary N) is 1. The van der Waals surface area contributed by atoms with Crippen LogP contribution in [0.15, 0.2) is 30.3 Å². The molecule has 2 aromatic rings. The SMILES string of the molecule is Cc1ccc(Nc2nc(C(=O)O)ccc2N)c(F)c1. The highest BCUT2D eigenvalue weighted by Gasteiger charge is 2.10. The summed E-state index contributed by atoms with van der Waals surface area (Å²) in [6.07, 6.45) is 0. The summed E-state index contributed by atoms with van der Waals surface area (Å²) in [5.41, 5.74) is 6.72. The molecule has 1 aromatic heterocycles. The topological polar surface area (TPSA) is 88.2 Å². The number of aryl methyl sites for hydroxylation is 1. The lowest BCUT2D eigenvalue weighted by atomic mass is 10.2. The third kappa shape index (κ3) is 2.79. The predicted molar refractivity (Wildman–Crippen MR) is 70.0 cm³/mol. The van der Waals surface area contributed by atoms with Gasteiger partial charge in [0, 0.05) is 0 Å². The number of nitrogens with zero attached hydrogens (tertiary/aromatic N) is 1. The van der Waals surface area contributed by atoms with Gasteiger partial charge in [-0.3, -0.25) is 0 Å². The maximum Gasteiger partial charge on any atom is 0.354 e. The lowest BCUT2D eigenvalue weighted by molar-refractivity contribution is 0.0690. The molecule has 6 heteroatoms. The van der Waals surface area contributed by atoms with Crippen LogP contribution in [-0.2, 0) is 0 Å². The molecule has 0 saturated heterocycles. The smallest absolute Gasteiger partial charge is 0.354 e. The highest BCUT2D eigenvalue weighted by atomic mass is 19.1. The number of aromatic nitrogens is 1. The van der Waals surface area contributed by atoms with Crippen molar-refractivity contribution in [2.45, 2.75) is 6.92 Å². The van der Waals surface area contributed by atoms with E-state index in [-0.39, 0.29) is 22.9 Å². The van der Waals surface area contributed by atoms with Crippen molar-refractivity contribution in [2.75, 3.05) is 11.1 Å². The molecule has 0 amide bonds. The van der Waals surface area contributed by atoms with Gasteiger partial charge < -0.3 is 16.2 Å². The van der Waals surface area contributed by atoms with Crippen LogP contribution in [-0.4, -0.2) is 16.1 Å². The molecule has 0 atom stereocenters. The summed E-state index contributed by atoms with van der Waals surface area (Å²) < 4.78 is 13.7. The van der Waals surface area contributed by atoms with E-state index in [0.717, 1.165) is 5.56 Å². The zero-order valence-electron chi connectivity index (χ0n) is 10.1.